The van der Waals surface area contributed by atoms with Gasteiger partial charge in [0.2, 0.25) is 0 Å². The maximum Gasteiger partial charge on any atom is 0.194 e. The van der Waals surface area contributed by atoms with Gasteiger partial charge >= 0.3 is 0 Å². The molecule has 0 aliphatic carbocycles. The van der Waals surface area contributed by atoms with Crippen molar-refractivity contribution in [3.63, 3.8) is 0 Å². The molecule has 0 aromatic heterocycles. The number of hydrogen-bond acceptors (Lipinski definition) is 7. The Balaban J connectivity index is 0.000000168. The Hall–Kier alpha value is -3.40. The van der Waals surface area contributed by atoms with Crippen molar-refractivity contribution in [1.82, 2.24) is 5.06 Å². The van der Waals surface area contributed by atoms with Crippen LogP contribution in [-0.4, -0.2) is 28.9 Å². The molecule has 0 radical (unpaired) electrons. The lowest BCUT2D eigenvalue weighted by atomic mass is 10.2. The molecule has 0 amide bonds. The number of nitrogens with zero attached hydrogens (tertiary/aromatic N) is 3. The third-order valence-corrected chi connectivity index (χ3v) is 9.38. The highest BCUT2D eigenvalue weighted by Crippen LogP contribution is 2.19. The molecule has 4 aromatic carbocycles. The van der Waals surface area contributed by atoms with Gasteiger partial charge in [-0.2, -0.15) is 11.8 Å². The number of thioether (sulfide) groups is 2. The highest BCUT2D eigenvalue weighted by molar-refractivity contribution is 7.98. The summed E-state index contributed by atoms with van der Waals surface area (Å²) in [7, 11) is 0. The van der Waals surface area contributed by atoms with Gasteiger partial charge in [0.25, 0.3) is 0 Å². The zero-order valence-corrected chi connectivity index (χ0v) is 25.5. The normalized spacial score (nSPS) is 19.0. The lowest BCUT2D eigenvalue weighted by Crippen LogP contribution is -3.10. The third kappa shape index (κ3) is 7.51. The quantitative estimate of drug-likeness (QED) is 0.315. The summed E-state index contributed by atoms with van der Waals surface area (Å²) in [5, 5.41) is 29.7. The second kappa shape index (κ2) is 14.7. The topological polar surface area (TPSA) is 78.5 Å². The second-order valence-corrected chi connectivity index (χ2v) is 12.3. The molecule has 0 saturated heterocycles. The van der Waals surface area contributed by atoms with Gasteiger partial charge in [0.15, 0.2) is 6.17 Å². The van der Waals surface area contributed by atoms with Crippen LogP contribution >= 0.6 is 23.5 Å². The van der Waals surface area contributed by atoms with Crippen LogP contribution in [0.1, 0.15) is 25.0 Å². The fraction of sp³-hybridized carbons (Fsp3) is 0.235. The highest BCUT2D eigenvalue weighted by atomic mass is 32.2. The molecule has 3 unspecified atom stereocenters. The third-order valence-electron chi connectivity index (χ3n) is 7.22. The van der Waals surface area contributed by atoms with Crippen molar-refractivity contribution in [1.29, 1.82) is 0 Å². The minimum atomic E-state index is -0.325. The molecule has 0 bridgehead atoms. The maximum absolute atomic E-state index is 12.4. The number of hydroxylamine groups is 4. The minimum Gasteiger partial charge on any atom is -0.757 e. The maximum atomic E-state index is 12.4. The smallest absolute Gasteiger partial charge is 0.194 e. The van der Waals surface area contributed by atoms with Crippen molar-refractivity contribution in [3.8, 4) is 0 Å². The van der Waals surface area contributed by atoms with Crippen molar-refractivity contribution in [3.05, 3.63) is 152 Å². The molecule has 0 fully saturated rings. The lowest BCUT2D eigenvalue weighted by Gasteiger charge is -2.39. The van der Waals surface area contributed by atoms with Crippen molar-refractivity contribution >= 4 is 34.9 Å². The predicted molar refractivity (Wildman–Crippen MR) is 175 cm³/mol. The number of para-hydroxylation sites is 2. The van der Waals surface area contributed by atoms with Crippen LogP contribution in [0.4, 0.5) is 0 Å². The van der Waals surface area contributed by atoms with Crippen molar-refractivity contribution in [2.24, 2.45) is 9.98 Å². The molecular formula is C34H35N4O2S2-. The van der Waals surface area contributed by atoms with Crippen LogP contribution in [0.25, 0.3) is 11.4 Å². The van der Waals surface area contributed by atoms with Crippen LogP contribution in [0.3, 0.4) is 0 Å². The van der Waals surface area contributed by atoms with Gasteiger partial charge in [0.05, 0.1) is 21.7 Å². The fourth-order valence-electron chi connectivity index (χ4n) is 4.90. The molecule has 0 spiro atoms. The van der Waals surface area contributed by atoms with Crippen LogP contribution in [0.5, 0.6) is 0 Å². The highest BCUT2D eigenvalue weighted by Gasteiger charge is 2.20. The number of quaternary nitrogens is 1. The van der Waals surface area contributed by atoms with Gasteiger partial charge in [0.1, 0.15) is 11.9 Å². The molecule has 8 heteroatoms. The van der Waals surface area contributed by atoms with E-state index in [1.165, 1.54) is 11.1 Å². The number of benzene rings is 4. The van der Waals surface area contributed by atoms with Crippen LogP contribution in [0, 0.1) is 10.4 Å². The SMILES string of the molecule is CC1=c2ccccc2=NC(CSCc2ccccc2)N1[O-].CC1=c2ccccc2=NC(CSCc2ccccc2)[NH+]1[O-]. The molecule has 3 atom stereocenters. The van der Waals surface area contributed by atoms with Gasteiger partial charge in [-0.1, -0.05) is 91.0 Å². The zero-order chi connectivity index (χ0) is 29.3. The minimum absolute atomic E-state index is 0.161. The van der Waals surface area contributed by atoms with E-state index in [0.717, 1.165) is 54.9 Å². The molecule has 2 heterocycles. The van der Waals surface area contributed by atoms with E-state index in [0.29, 0.717) is 5.75 Å². The summed E-state index contributed by atoms with van der Waals surface area (Å²) in [6.07, 6.45) is -0.567. The number of fused-ring (bicyclic) bond motifs is 2. The van der Waals surface area contributed by atoms with Crippen molar-refractivity contribution in [2.75, 3.05) is 11.5 Å². The Kier molecular flexibility index (Phi) is 10.5. The van der Waals surface area contributed by atoms with Crippen LogP contribution in [0.2, 0.25) is 0 Å². The fourth-order valence-corrected chi connectivity index (χ4v) is 6.86. The van der Waals surface area contributed by atoms with Gasteiger partial charge in [0, 0.05) is 35.1 Å². The van der Waals surface area contributed by atoms with Crippen LogP contribution in [0.15, 0.2) is 119 Å². The Morgan fingerprint density at radius 2 is 1.17 bits per heavy atom. The van der Waals surface area contributed by atoms with E-state index < -0.39 is 0 Å². The Morgan fingerprint density at radius 3 is 1.79 bits per heavy atom. The van der Waals surface area contributed by atoms with Gasteiger partial charge in [-0.25, -0.2) is 4.99 Å². The van der Waals surface area contributed by atoms with Gasteiger partial charge in [-0.3, -0.25) is 4.99 Å². The van der Waals surface area contributed by atoms with Crippen molar-refractivity contribution in [2.45, 2.75) is 37.7 Å². The standard InChI is InChI=1S/C17H18N2OS.C17H17N2OS/c2*1-13-15-9-5-6-10-16(15)18-17(19(13)20)12-21-11-14-7-3-2-4-8-14/h2-10,17,19H,11-12H2,1H3;2-10,17H,11-12H2,1H3/q;-1. The van der Waals surface area contributed by atoms with Crippen molar-refractivity contribution < 1.29 is 5.06 Å². The van der Waals surface area contributed by atoms with Gasteiger partial charge in [-0.15, -0.1) is 11.8 Å². The molecular weight excluding hydrogens is 561 g/mol. The molecule has 4 aromatic rings. The van der Waals surface area contributed by atoms with Gasteiger partial charge < -0.3 is 20.5 Å². The van der Waals surface area contributed by atoms with E-state index in [4.69, 9.17) is 0 Å². The molecule has 6 rings (SSSR count). The molecule has 6 nitrogen and oxygen atoms in total. The summed E-state index contributed by atoms with van der Waals surface area (Å²) in [6, 6.07) is 36.3. The lowest BCUT2D eigenvalue weighted by molar-refractivity contribution is -0.798. The average Bonchev–Trinajstić information content (AvgIpc) is 3.03. The van der Waals surface area contributed by atoms with E-state index in [2.05, 4.69) is 34.3 Å². The first-order valence-corrected chi connectivity index (χ1v) is 16.3. The first-order chi connectivity index (χ1) is 20.5. The number of hydrogen-bond donors (Lipinski definition) is 1. The van der Waals surface area contributed by atoms with E-state index in [9.17, 15) is 10.4 Å². The first-order valence-electron chi connectivity index (χ1n) is 14.0. The molecule has 1 N–H and O–H groups in total. The summed E-state index contributed by atoms with van der Waals surface area (Å²) in [5.74, 6) is 3.26. The van der Waals surface area contributed by atoms with Crippen LogP contribution < -0.4 is 26.2 Å². The Bertz CT molecular complexity index is 1590. The largest absolute Gasteiger partial charge is 0.757 e. The molecule has 2 aliphatic heterocycles. The van der Waals surface area contributed by atoms with E-state index in [1.807, 2.05) is 98.8 Å². The van der Waals surface area contributed by atoms with E-state index in [1.54, 1.807) is 23.5 Å². The first kappa shape index (κ1) is 30.1. The number of rotatable bonds is 8. The summed E-state index contributed by atoms with van der Waals surface area (Å²) >= 11 is 3.51. The second-order valence-electron chi connectivity index (χ2n) is 10.2. The van der Waals surface area contributed by atoms with E-state index in [-0.39, 0.29) is 17.4 Å². The summed E-state index contributed by atoms with van der Waals surface area (Å²) in [5.41, 5.74) is 4.15. The number of nitrogens with one attached hydrogen (secondary N) is 1. The zero-order valence-electron chi connectivity index (χ0n) is 23.9. The Labute approximate surface area is 255 Å². The summed E-state index contributed by atoms with van der Waals surface area (Å²) in [4.78, 5) is 9.20. The molecule has 216 valence electrons. The van der Waals surface area contributed by atoms with E-state index >= 15 is 0 Å². The molecule has 2 aliphatic rings. The molecule has 42 heavy (non-hydrogen) atoms. The summed E-state index contributed by atoms with van der Waals surface area (Å²) < 4.78 is 0. The Morgan fingerprint density at radius 1 is 0.667 bits per heavy atom. The predicted octanol–water partition coefficient (Wildman–Crippen LogP) is 3.60. The van der Waals surface area contributed by atoms with Gasteiger partial charge in [-0.05, 0) is 36.2 Å². The monoisotopic (exact) mass is 595 g/mol. The summed E-state index contributed by atoms with van der Waals surface area (Å²) in [6.45, 7) is 3.78. The van der Waals surface area contributed by atoms with Crippen LogP contribution in [-0.2, 0) is 11.5 Å². The average molecular weight is 596 g/mol. The molecule has 0 saturated carbocycles.